The molecule has 2 aromatic heterocycles. The van der Waals surface area contributed by atoms with Crippen molar-refractivity contribution < 1.29 is 28.9 Å². The van der Waals surface area contributed by atoms with E-state index in [1.54, 1.807) is 30.5 Å². The molecule has 0 aliphatic heterocycles. The van der Waals surface area contributed by atoms with Gasteiger partial charge < -0.3 is 9.97 Å². The van der Waals surface area contributed by atoms with E-state index in [1.165, 1.54) is 0 Å². The molecule has 0 amide bonds. The Morgan fingerprint density at radius 1 is 0.724 bits per heavy atom. The smallest absolute Gasteiger partial charge is 0.244 e. The van der Waals surface area contributed by atoms with Gasteiger partial charge >= 0.3 is 0 Å². The van der Waals surface area contributed by atoms with Gasteiger partial charge in [-0.1, -0.05) is 24.3 Å². The number of benzene rings is 2. The summed E-state index contributed by atoms with van der Waals surface area (Å²) in [6, 6.07) is 32.3. The van der Waals surface area contributed by atoms with Gasteiger partial charge in [-0.2, -0.15) is 0 Å². The van der Waals surface area contributed by atoms with E-state index < -0.39 is 6.43 Å². The van der Waals surface area contributed by atoms with E-state index in [9.17, 15) is 8.78 Å². The van der Waals surface area contributed by atoms with Crippen molar-refractivity contribution in [3.63, 3.8) is 0 Å². The second-order valence-electron chi connectivity index (χ2n) is 5.88. The summed E-state index contributed by atoms with van der Waals surface area (Å²) in [5, 5.41) is 0. The van der Waals surface area contributed by atoms with Crippen LogP contribution in [-0.2, 0) is 26.5 Å². The maximum Gasteiger partial charge on any atom is 0.244 e. The molecule has 0 unspecified atom stereocenters. The molecule has 0 spiro atoms. The summed E-state index contributed by atoms with van der Waals surface area (Å²) >= 11 is 0. The van der Waals surface area contributed by atoms with Crippen LogP contribution in [0.3, 0.4) is 0 Å². The predicted molar refractivity (Wildman–Crippen MR) is 107 cm³/mol. The third-order valence-electron chi connectivity index (χ3n) is 3.81. The Bertz CT molecular complexity index is 928. The minimum absolute atomic E-state index is 0. The monoisotopic (exact) mass is 565 g/mol. The molecular weight excluding hydrogens is 546 g/mol. The molecule has 0 aliphatic rings. The van der Waals surface area contributed by atoms with E-state index in [0.717, 1.165) is 16.8 Å². The van der Waals surface area contributed by atoms with Gasteiger partial charge in [0.2, 0.25) is 6.43 Å². The minimum atomic E-state index is -2.36. The van der Waals surface area contributed by atoms with Gasteiger partial charge in [0.15, 0.2) is 0 Å². The van der Waals surface area contributed by atoms with Crippen LogP contribution in [0.15, 0.2) is 91.1 Å². The number of alkyl halides is 2. The van der Waals surface area contributed by atoms with Crippen LogP contribution in [0.4, 0.5) is 8.78 Å². The van der Waals surface area contributed by atoms with Gasteiger partial charge in [-0.3, -0.25) is 0 Å². The average Bonchev–Trinajstić information content (AvgIpc) is 2.76. The third kappa shape index (κ3) is 7.30. The topological polar surface area (TPSA) is 25.8 Å². The molecule has 0 saturated carbocycles. The van der Waals surface area contributed by atoms with Gasteiger partial charge in [-0.25, -0.2) is 8.78 Å². The van der Waals surface area contributed by atoms with E-state index in [1.807, 2.05) is 60.7 Å². The van der Waals surface area contributed by atoms with Crippen molar-refractivity contribution in [1.82, 2.24) is 9.97 Å². The first-order chi connectivity index (χ1) is 13.7. The summed E-state index contributed by atoms with van der Waals surface area (Å²) in [6.07, 6.45) is -0.876. The van der Waals surface area contributed by atoms with Gasteiger partial charge in [0, 0.05) is 38.4 Å². The molecule has 2 aromatic carbocycles. The molecule has 4 aromatic rings. The molecule has 0 aliphatic carbocycles. The number of aromatic nitrogens is 2. The number of rotatable bonds is 4. The molecule has 2 heterocycles. The quantitative estimate of drug-likeness (QED) is 0.289. The molecular formula is C24H18F2IrN2-2. The van der Waals surface area contributed by atoms with Gasteiger partial charge in [0.05, 0.1) is 0 Å². The van der Waals surface area contributed by atoms with Crippen LogP contribution in [-0.4, -0.2) is 16.4 Å². The van der Waals surface area contributed by atoms with E-state index in [-0.39, 0.29) is 26.5 Å². The van der Waals surface area contributed by atoms with Crippen molar-refractivity contribution in [3.8, 4) is 22.5 Å². The number of nitrogens with zero attached hydrogens (tertiary/aromatic N) is 2. The van der Waals surface area contributed by atoms with Gasteiger partial charge in [-0.15, -0.1) is 71.8 Å². The molecule has 29 heavy (non-hydrogen) atoms. The van der Waals surface area contributed by atoms with Crippen molar-refractivity contribution in [3.05, 3.63) is 109 Å². The molecule has 149 valence electrons. The van der Waals surface area contributed by atoms with Gasteiger partial charge in [0.1, 0.15) is 0 Å². The largest absolute Gasteiger partial charge is 0.305 e. The Morgan fingerprint density at radius 2 is 1.34 bits per heavy atom. The van der Waals surface area contributed by atoms with E-state index in [2.05, 4.69) is 22.1 Å². The SMILES string of the molecule is FC(F)Cc1cccc(-c2[c-]cccc2)n1.[Ir].[c-]1ccccc1-c1ccccn1. The number of hydrogen-bond acceptors (Lipinski definition) is 2. The number of halogens is 2. The van der Waals surface area contributed by atoms with Crippen molar-refractivity contribution >= 4 is 0 Å². The van der Waals surface area contributed by atoms with Crippen LogP contribution < -0.4 is 0 Å². The summed E-state index contributed by atoms with van der Waals surface area (Å²) in [6.45, 7) is 0. The molecule has 4 rings (SSSR count). The predicted octanol–water partition coefficient (Wildman–Crippen LogP) is 5.90. The first-order valence-electron chi connectivity index (χ1n) is 8.81. The van der Waals surface area contributed by atoms with Crippen LogP contribution >= 0.6 is 0 Å². The Labute approximate surface area is 183 Å². The number of pyridine rings is 2. The van der Waals surface area contributed by atoms with E-state index in [4.69, 9.17) is 0 Å². The zero-order valence-electron chi connectivity index (χ0n) is 15.4. The maximum absolute atomic E-state index is 12.2. The fourth-order valence-corrected chi connectivity index (χ4v) is 2.53. The van der Waals surface area contributed by atoms with E-state index >= 15 is 0 Å². The van der Waals surface area contributed by atoms with Crippen LogP contribution in [0.1, 0.15) is 5.69 Å². The first-order valence-corrected chi connectivity index (χ1v) is 8.81. The van der Waals surface area contributed by atoms with Crippen LogP contribution in [0, 0.1) is 12.1 Å². The van der Waals surface area contributed by atoms with Gasteiger partial charge in [0.25, 0.3) is 0 Å². The summed E-state index contributed by atoms with van der Waals surface area (Å²) < 4.78 is 24.4. The molecule has 0 saturated heterocycles. The van der Waals surface area contributed by atoms with Crippen molar-refractivity contribution in [2.75, 3.05) is 0 Å². The zero-order valence-corrected chi connectivity index (χ0v) is 17.8. The second kappa shape index (κ2) is 11.9. The molecule has 5 heteroatoms. The maximum atomic E-state index is 12.2. The van der Waals surface area contributed by atoms with Crippen molar-refractivity contribution in [2.24, 2.45) is 0 Å². The standard InChI is InChI=1S/C13H10F2N.C11H8N.Ir/c14-13(15)9-11-7-4-8-12(16-11)10-5-2-1-3-6-10;1-2-6-10(7-3-1)11-8-4-5-9-12-11;/h1-5,7-8,13H,9H2;1-6,8-9H;/q2*-1;. The molecule has 1 radical (unpaired) electrons. The fraction of sp³-hybridized carbons (Fsp3) is 0.0833. The van der Waals surface area contributed by atoms with E-state index in [0.29, 0.717) is 11.4 Å². The summed E-state index contributed by atoms with van der Waals surface area (Å²) in [4.78, 5) is 8.39. The van der Waals surface area contributed by atoms with Crippen LogP contribution in [0.5, 0.6) is 0 Å². The average molecular weight is 565 g/mol. The number of hydrogen-bond donors (Lipinski definition) is 0. The summed E-state index contributed by atoms with van der Waals surface area (Å²) in [7, 11) is 0. The summed E-state index contributed by atoms with van der Waals surface area (Å²) in [5.41, 5.74) is 3.92. The molecule has 0 fully saturated rings. The van der Waals surface area contributed by atoms with Crippen molar-refractivity contribution in [2.45, 2.75) is 12.8 Å². The second-order valence-corrected chi connectivity index (χ2v) is 5.88. The van der Waals surface area contributed by atoms with Crippen LogP contribution in [0.25, 0.3) is 22.5 Å². The van der Waals surface area contributed by atoms with Gasteiger partial charge in [-0.05, 0) is 23.5 Å². The zero-order chi connectivity index (χ0) is 19.6. The minimum Gasteiger partial charge on any atom is -0.305 e. The first kappa shape index (κ1) is 22.5. The Hall–Kier alpha value is -2.75. The molecule has 2 nitrogen and oxygen atoms in total. The van der Waals surface area contributed by atoms with Crippen LogP contribution in [0.2, 0.25) is 0 Å². The fourth-order valence-electron chi connectivity index (χ4n) is 2.53. The Balaban J connectivity index is 0.000000207. The normalized spacial score (nSPS) is 9.90. The molecule has 0 bridgehead atoms. The molecule has 0 atom stereocenters. The summed E-state index contributed by atoms with van der Waals surface area (Å²) in [5.74, 6) is 0. The Kier molecular flexibility index (Phi) is 9.29. The third-order valence-corrected chi connectivity index (χ3v) is 3.81. The molecule has 0 N–H and O–H groups in total. The Morgan fingerprint density at radius 3 is 1.90 bits per heavy atom. The van der Waals surface area contributed by atoms with Crippen molar-refractivity contribution in [1.29, 1.82) is 0 Å².